The fourth-order valence-electron chi connectivity index (χ4n) is 2.75. The van der Waals surface area contributed by atoms with Gasteiger partial charge in [-0.25, -0.2) is 0 Å². The molecule has 0 saturated carbocycles. The van der Waals surface area contributed by atoms with Crippen molar-refractivity contribution >= 4 is 5.91 Å². The van der Waals surface area contributed by atoms with Crippen LogP contribution in [0.4, 0.5) is 0 Å². The van der Waals surface area contributed by atoms with E-state index in [1.807, 2.05) is 6.92 Å². The predicted molar refractivity (Wildman–Crippen MR) is 84.8 cm³/mol. The third-order valence-corrected chi connectivity index (χ3v) is 4.49. The number of likely N-dealkylation sites (tertiary alicyclic amines) is 1. The smallest absolute Gasteiger partial charge is 0.237 e. The second-order valence-corrected chi connectivity index (χ2v) is 6.40. The number of nitrogens with zero attached hydrogens (tertiary/aromatic N) is 1. The molecule has 2 N–H and O–H groups in total. The van der Waals surface area contributed by atoms with E-state index in [0.29, 0.717) is 18.0 Å². The van der Waals surface area contributed by atoms with Crippen molar-refractivity contribution in [2.24, 2.45) is 5.92 Å². The Hall–Kier alpha value is -0.610. The van der Waals surface area contributed by atoms with E-state index in [2.05, 4.69) is 43.2 Å². The van der Waals surface area contributed by atoms with Crippen molar-refractivity contribution in [3.05, 3.63) is 0 Å². The van der Waals surface area contributed by atoms with E-state index in [9.17, 15) is 4.79 Å². The molecule has 0 aliphatic carbocycles. The molecule has 1 heterocycles. The van der Waals surface area contributed by atoms with Gasteiger partial charge in [-0.2, -0.15) is 0 Å². The van der Waals surface area contributed by atoms with Crippen LogP contribution in [0.3, 0.4) is 0 Å². The van der Waals surface area contributed by atoms with Crippen molar-refractivity contribution in [2.75, 3.05) is 19.6 Å². The molecule has 20 heavy (non-hydrogen) atoms. The normalized spacial score (nSPS) is 21.6. The van der Waals surface area contributed by atoms with Gasteiger partial charge in [0.1, 0.15) is 0 Å². The zero-order chi connectivity index (χ0) is 15.1. The lowest BCUT2D eigenvalue weighted by atomic mass is 10.1. The lowest BCUT2D eigenvalue weighted by molar-refractivity contribution is -0.123. The molecule has 4 nitrogen and oxygen atoms in total. The number of rotatable bonds is 8. The van der Waals surface area contributed by atoms with Gasteiger partial charge in [-0.3, -0.25) is 4.79 Å². The summed E-state index contributed by atoms with van der Waals surface area (Å²) in [6.45, 7) is 14.0. The molecule has 0 spiro atoms. The molecule has 1 amide bonds. The second-order valence-electron chi connectivity index (χ2n) is 6.40. The van der Waals surface area contributed by atoms with Crippen LogP contribution in [-0.4, -0.2) is 48.6 Å². The first-order valence-corrected chi connectivity index (χ1v) is 8.25. The van der Waals surface area contributed by atoms with Gasteiger partial charge in [0.15, 0.2) is 0 Å². The lowest BCUT2D eigenvalue weighted by Gasteiger charge is -2.22. The van der Waals surface area contributed by atoms with Crippen molar-refractivity contribution in [2.45, 2.75) is 72.0 Å². The Labute approximate surface area is 124 Å². The summed E-state index contributed by atoms with van der Waals surface area (Å²) in [6.07, 6.45) is 3.24. The van der Waals surface area contributed by atoms with Crippen LogP contribution in [0.5, 0.6) is 0 Å². The minimum atomic E-state index is -0.0938. The molecule has 0 bridgehead atoms. The topological polar surface area (TPSA) is 44.4 Å². The number of amides is 1. The SMILES string of the molecule is CCC(CC)NC(=O)C(C)NCC1CCN(C(C)C)C1. The fraction of sp³-hybridized carbons (Fsp3) is 0.938. The average Bonchev–Trinajstić information content (AvgIpc) is 2.90. The zero-order valence-corrected chi connectivity index (χ0v) is 13.9. The molecular formula is C16H33N3O. The predicted octanol–water partition coefficient (Wildman–Crippen LogP) is 2.00. The Morgan fingerprint density at radius 2 is 1.90 bits per heavy atom. The first-order chi connectivity index (χ1) is 9.47. The highest BCUT2D eigenvalue weighted by Crippen LogP contribution is 2.17. The maximum absolute atomic E-state index is 12.1. The van der Waals surface area contributed by atoms with Crippen LogP contribution < -0.4 is 10.6 Å². The number of hydrogen-bond donors (Lipinski definition) is 2. The molecule has 1 fully saturated rings. The highest BCUT2D eigenvalue weighted by atomic mass is 16.2. The fourth-order valence-corrected chi connectivity index (χ4v) is 2.75. The van der Waals surface area contributed by atoms with Crippen molar-refractivity contribution < 1.29 is 4.79 Å². The van der Waals surface area contributed by atoms with Crippen LogP contribution in [-0.2, 0) is 4.79 Å². The van der Waals surface area contributed by atoms with Crippen molar-refractivity contribution in [3.8, 4) is 0 Å². The minimum absolute atomic E-state index is 0.0938. The molecule has 4 heteroatoms. The summed E-state index contributed by atoms with van der Waals surface area (Å²) in [4.78, 5) is 14.6. The number of nitrogens with one attached hydrogen (secondary N) is 2. The van der Waals surface area contributed by atoms with Gasteiger partial charge in [0.05, 0.1) is 6.04 Å². The van der Waals surface area contributed by atoms with E-state index < -0.39 is 0 Å². The Morgan fingerprint density at radius 1 is 1.25 bits per heavy atom. The van der Waals surface area contributed by atoms with Gasteiger partial charge in [0.2, 0.25) is 5.91 Å². The monoisotopic (exact) mass is 283 g/mol. The van der Waals surface area contributed by atoms with Crippen LogP contribution in [0.25, 0.3) is 0 Å². The molecule has 1 rings (SSSR count). The largest absolute Gasteiger partial charge is 0.352 e. The van der Waals surface area contributed by atoms with Crippen LogP contribution in [0, 0.1) is 5.92 Å². The van der Waals surface area contributed by atoms with E-state index in [1.165, 1.54) is 13.0 Å². The molecule has 118 valence electrons. The van der Waals surface area contributed by atoms with Crippen molar-refractivity contribution in [1.82, 2.24) is 15.5 Å². The molecular weight excluding hydrogens is 250 g/mol. The molecule has 1 aliphatic heterocycles. The Kier molecular flexibility index (Phi) is 7.52. The van der Waals surface area contributed by atoms with Gasteiger partial charge in [0.25, 0.3) is 0 Å². The van der Waals surface area contributed by atoms with Crippen molar-refractivity contribution in [3.63, 3.8) is 0 Å². The number of hydrogen-bond acceptors (Lipinski definition) is 3. The van der Waals surface area contributed by atoms with E-state index in [-0.39, 0.29) is 11.9 Å². The maximum atomic E-state index is 12.1. The van der Waals surface area contributed by atoms with Gasteiger partial charge >= 0.3 is 0 Å². The van der Waals surface area contributed by atoms with Gasteiger partial charge in [-0.15, -0.1) is 0 Å². The van der Waals surface area contributed by atoms with E-state index in [4.69, 9.17) is 0 Å². The maximum Gasteiger partial charge on any atom is 0.237 e. The highest BCUT2D eigenvalue weighted by Gasteiger charge is 2.25. The first-order valence-electron chi connectivity index (χ1n) is 8.25. The minimum Gasteiger partial charge on any atom is -0.352 e. The van der Waals surface area contributed by atoms with Crippen LogP contribution >= 0.6 is 0 Å². The molecule has 0 aromatic carbocycles. The lowest BCUT2D eigenvalue weighted by Crippen LogP contribution is -2.47. The van der Waals surface area contributed by atoms with Crippen molar-refractivity contribution in [1.29, 1.82) is 0 Å². The van der Waals surface area contributed by atoms with E-state index >= 15 is 0 Å². The van der Waals surface area contributed by atoms with Gasteiger partial charge in [-0.1, -0.05) is 13.8 Å². The standard InChI is InChI=1S/C16H33N3O/c1-6-15(7-2)18-16(20)13(5)17-10-14-8-9-19(11-14)12(3)4/h12-15,17H,6-11H2,1-5H3,(H,18,20). The zero-order valence-electron chi connectivity index (χ0n) is 13.9. The average molecular weight is 283 g/mol. The van der Waals surface area contributed by atoms with Gasteiger partial charge in [0, 0.05) is 18.6 Å². The molecule has 0 radical (unpaired) electrons. The summed E-state index contributed by atoms with van der Waals surface area (Å²) >= 11 is 0. The van der Waals surface area contributed by atoms with Crippen LogP contribution in [0.1, 0.15) is 53.9 Å². The first kappa shape index (κ1) is 17.4. The second kappa shape index (κ2) is 8.63. The van der Waals surface area contributed by atoms with Gasteiger partial charge in [-0.05, 0) is 59.0 Å². The Bertz CT molecular complexity index is 289. The van der Waals surface area contributed by atoms with Gasteiger partial charge < -0.3 is 15.5 Å². The quantitative estimate of drug-likeness (QED) is 0.716. The Balaban J connectivity index is 2.26. The summed E-state index contributed by atoms with van der Waals surface area (Å²) < 4.78 is 0. The molecule has 0 aromatic heterocycles. The molecule has 1 saturated heterocycles. The Morgan fingerprint density at radius 3 is 2.40 bits per heavy atom. The molecule has 1 aliphatic rings. The summed E-state index contributed by atoms with van der Waals surface area (Å²) in [5, 5.41) is 6.51. The molecule has 2 unspecified atom stereocenters. The molecule has 0 aromatic rings. The van der Waals surface area contributed by atoms with Crippen LogP contribution in [0.15, 0.2) is 0 Å². The third-order valence-electron chi connectivity index (χ3n) is 4.49. The number of carbonyl (C=O) groups is 1. The third kappa shape index (κ3) is 5.41. The summed E-state index contributed by atoms with van der Waals surface area (Å²) in [5.41, 5.74) is 0. The number of carbonyl (C=O) groups excluding carboxylic acids is 1. The summed E-state index contributed by atoms with van der Waals surface area (Å²) in [7, 11) is 0. The summed E-state index contributed by atoms with van der Waals surface area (Å²) in [5.74, 6) is 0.818. The van der Waals surface area contributed by atoms with Crippen LogP contribution in [0.2, 0.25) is 0 Å². The summed E-state index contributed by atoms with van der Waals surface area (Å²) in [6, 6.07) is 0.856. The highest BCUT2D eigenvalue weighted by molar-refractivity contribution is 5.81. The van der Waals surface area contributed by atoms with E-state index in [0.717, 1.165) is 25.9 Å². The molecule has 2 atom stereocenters. The van der Waals surface area contributed by atoms with E-state index in [1.54, 1.807) is 0 Å².